The molecular weight excluding hydrogens is 745 g/mol. The lowest BCUT2D eigenvalue weighted by Gasteiger charge is -2.06. The van der Waals surface area contributed by atoms with E-state index in [2.05, 4.69) is 20.6 Å². The highest BCUT2D eigenvalue weighted by atomic mass is 32.2. The molecule has 252 valence electrons. The topological polar surface area (TPSA) is 179 Å². The number of hydrogen-bond acceptors (Lipinski definition) is 21. The number of nitrogens with one attached hydrogen (secondary N) is 2. The molecule has 4 N–H and O–H groups in total. The van der Waals surface area contributed by atoms with E-state index in [0.717, 1.165) is 28.1 Å². The van der Waals surface area contributed by atoms with Gasteiger partial charge < -0.3 is 40.1 Å². The molecule has 43 heavy (non-hydrogen) atoms. The van der Waals surface area contributed by atoms with Gasteiger partial charge in [-0.05, 0) is 0 Å². The minimum absolute atomic E-state index is 0.0569. The summed E-state index contributed by atoms with van der Waals surface area (Å²) in [7, 11) is 0. The Balaban J connectivity index is 3.29. The van der Waals surface area contributed by atoms with Crippen molar-refractivity contribution in [2.75, 3.05) is 92.3 Å². The van der Waals surface area contributed by atoms with Crippen LogP contribution >= 0.6 is 106 Å². The maximum Gasteiger partial charge on any atom is 0.408 e. The molecule has 0 fully saturated rings. The lowest BCUT2D eigenvalue weighted by Crippen LogP contribution is -2.24. The van der Waals surface area contributed by atoms with Crippen LogP contribution in [0.1, 0.15) is 0 Å². The van der Waals surface area contributed by atoms with Gasteiger partial charge in [0.05, 0.1) is 35.4 Å². The number of aliphatic imine (C=N–C) groups is 2. The van der Waals surface area contributed by atoms with Gasteiger partial charge >= 0.3 is 12.2 Å². The Morgan fingerprint density at radius 1 is 0.581 bits per heavy atom. The Hall–Kier alpha value is 0.470. The molecule has 0 aliphatic rings. The third kappa shape index (κ3) is 38.6. The van der Waals surface area contributed by atoms with E-state index in [-0.39, 0.29) is 29.7 Å². The van der Waals surface area contributed by atoms with Crippen LogP contribution in [0.2, 0.25) is 0 Å². The molecule has 0 aromatic heterocycles. The SMILES string of the molecule is O=C(NCSCCSC/N=C/OOCSCSCO)OCSCOO/C=N\CSCCSCNC(=O)OCSCSCO. The number of aliphatic hydroxyl groups excluding tert-OH is 2. The Bertz CT molecular complexity index is 697. The van der Waals surface area contributed by atoms with E-state index < -0.39 is 12.2 Å². The molecule has 0 aliphatic carbocycles. The minimum Gasteiger partial charge on any atom is -0.438 e. The highest BCUT2D eigenvalue weighted by Crippen LogP contribution is 2.12. The smallest absolute Gasteiger partial charge is 0.408 e. The Labute approximate surface area is 290 Å². The number of ether oxygens (including phenoxy) is 2. The van der Waals surface area contributed by atoms with Gasteiger partial charge in [-0.15, -0.1) is 94.1 Å². The second-order valence-corrected chi connectivity index (χ2v) is 16.1. The molecule has 0 spiro atoms. The van der Waals surface area contributed by atoms with Crippen LogP contribution in [-0.2, 0) is 29.0 Å². The third-order valence-electron chi connectivity index (χ3n) is 3.41. The molecule has 0 aliphatic heterocycles. The maximum atomic E-state index is 11.6. The summed E-state index contributed by atoms with van der Waals surface area (Å²) in [5, 5.41) is 24.0. The Morgan fingerprint density at radius 2 is 1.02 bits per heavy atom. The van der Waals surface area contributed by atoms with Crippen LogP contribution in [0.25, 0.3) is 0 Å². The van der Waals surface area contributed by atoms with E-state index in [1.54, 1.807) is 47.0 Å². The van der Waals surface area contributed by atoms with Crippen molar-refractivity contribution in [2.24, 2.45) is 9.98 Å². The van der Waals surface area contributed by atoms with Gasteiger partial charge in [0, 0.05) is 33.2 Å². The molecule has 0 unspecified atom stereocenters. The first kappa shape index (κ1) is 43.5. The summed E-state index contributed by atoms with van der Waals surface area (Å²) in [6.07, 6.45) is 1.53. The van der Waals surface area contributed by atoms with Crippen molar-refractivity contribution in [3.8, 4) is 0 Å². The number of nitrogens with zero attached hydrogens (tertiary/aromatic N) is 2. The van der Waals surface area contributed by atoms with Gasteiger partial charge in [0.1, 0.15) is 23.8 Å². The molecule has 0 heterocycles. The second kappa shape index (κ2) is 38.7. The van der Waals surface area contributed by atoms with Gasteiger partial charge in [-0.25, -0.2) is 19.6 Å². The molecule has 0 aromatic carbocycles. The molecule has 0 bridgehead atoms. The molecule has 0 saturated heterocycles. The second-order valence-electron chi connectivity index (χ2n) is 6.39. The van der Waals surface area contributed by atoms with Crippen molar-refractivity contribution in [3.05, 3.63) is 0 Å². The van der Waals surface area contributed by atoms with E-state index in [9.17, 15) is 9.59 Å². The number of carbonyl (C=O) groups is 2. The first-order valence-electron chi connectivity index (χ1n) is 12.0. The van der Waals surface area contributed by atoms with E-state index in [1.165, 1.54) is 71.6 Å². The molecule has 2 amide bonds. The van der Waals surface area contributed by atoms with E-state index in [0.29, 0.717) is 34.5 Å². The van der Waals surface area contributed by atoms with Crippen LogP contribution in [0.15, 0.2) is 9.98 Å². The van der Waals surface area contributed by atoms with Crippen LogP contribution in [0.5, 0.6) is 0 Å². The molecule has 14 nitrogen and oxygen atoms in total. The van der Waals surface area contributed by atoms with Crippen LogP contribution in [0.3, 0.4) is 0 Å². The zero-order valence-electron chi connectivity index (χ0n) is 23.2. The number of rotatable bonds is 32. The molecule has 0 aromatic rings. The van der Waals surface area contributed by atoms with Gasteiger partial charge in [0.25, 0.3) is 0 Å². The standard InChI is InChI=1S/C20H38N4O10S9/c25-11-39-17-42-14-30-20(28)24-10-38-4-2-35-7-21-5-31-33-15-41-13-29-19(27)23-9-37-3-1-36-8-22-6-32-34-16-43-18-40-12-26/h5-6,25-26H,1-4,7-18H2,(H,23,27)(H,24,28)/b21-5-,22-6+. The molecular formula is C20H38N4O10S9. The summed E-state index contributed by atoms with van der Waals surface area (Å²) in [5.74, 6) is 6.47. The molecule has 0 radical (unpaired) electrons. The van der Waals surface area contributed by atoms with Crippen LogP contribution in [0.4, 0.5) is 9.59 Å². The first-order valence-corrected chi connectivity index (χ1v) is 22.4. The zero-order valence-corrected chi connectivity index (χ0v) is 30.5. The first-order chi connectivity index (χ1) is 21.2. The number of hydrogen-bond donors (Lipinski definition) is 4. The predicted octanol–water partition coefficient (Wildman–Crippen LogP) is 4.47. The monoisotopic (exact) mass is 782 g/mol. The summed E-state index contributed by atoms with van der Waals surface area (Å²) < 4.78 is 10.0. The number of aliphatic hydroxyl groups is 2. The molecule has 0 atom stereocenters. The average molecular weight is 783 g/mol. The predicted molar refractivity (Wildman–Crippen MR) is 191 cm³/mol. The van der Waals surface area contributed by atoms with Crippen molar-refractivity contribution >= 4 is 131 Å². The molecule has 23 heteroatoms. The highest BCUT2D eigenvalue weighted by molar-refractivity contribution is 8.16. The van der Waals surface area contributed by atoms with E-state index in [4.69, 9.17) is 39.2 Å². The maximum absolute atomic E-state index is 11.6. The quantitative estimate of drug-likeness (QED) is 0.0187. The van der Waals surface area contributed by atoms with Crippen molar-refractivity contribution < 1.29 is 48.8 Å². The average Bonchev–Trinajstić information content (AvgIpc) is 3.00. The fourth-order valence-corrected chi connectivity index (χ4v) is 7.71. The van der Waals surface area contributed by atoms with Crippen LogP contribution in [-0.4, -0.2) is 128 Å². The number of amides is 2. The summed E-state index contributed by atoms with van der Waals surface area (Å²) in [6.45, 7) is 0. The highest BCUT2D eigenvalue weighted by Gasteiger charge is 2.02. The summed E-state index contributed by atoms with van der Waals surface area (Å²) >= 11 is 13.3. The summed E-state index contributed by atoms with van der Waals surface area (Å²) in [4.78, 5) is 50.6. The Morgan fingerprint density at radius 3 is 1.53 bits per heavy atom. The van der Waals surface area contributed by atoms with Crippen LogP contribution in [0, 0.1) is 0 Å². The van der Waals surface area contributed by atoms with Crippen molar-refractivity contribution in [3.63, 3.8) is 0 Å². The summed E-state index contributed by atoms with van der Waals surface area (Å²) in [5.41, 5.74) is 0. The normalized spacial score (nSPS) is 11.2. The van der Waals surface area contributed by atoms with Gasteiger partial charge in [-0.3, -0.25) is 0 Å². The number of alkyl carbamates (subject to hydrolysis) is 2. The van der Waals surface area contributed by atoms with Gasteiger partial charge in [0.2, 0.25) is 12.8 Å². The largest absolute Gasteiger partial charge is 0.438 e. The number of carbonyl (C=O) groups excluding carboxylic acids is 2. The lowest BCUT2D eigenvalue weighted by molar-refractivity contribution is -0.196. The molecule has 0 saturated carbocycles. The minimum atomic E-state index is -0.500. The van der Waals surface area contributed by atoms with Crippen molar-refractivity contribution in [2.45, 2.75) is 0 Å². The molecule has 0 rings (SSSR count). The number of thioether (sulfide) groups is 9. The third-order valence-corrected chi connectivity index (χ3v) is 11.4. The zero-order chi connectivity index (χ0) is 31.3. The van der Waals surface area contributed by atoms with Gasteiger partial charge in [-0.2, -0.15) is 9.78 Å². The fraction of sp³-hybridized carbons (Fsp3) is 0.800. The van der Waals surface area contributed by atoms with Gasteiger partial charge in [-0.1, -0.05) is 11.8 Å². The van der Waals surface area contributed by atoms with Crippen LogP contribution < -0.4 is 10.6 Å². The Kier molecular flexibility index (Phi) is 39.1. The van der Waals surface area contributed by atoms with E-state index >= 15 is 0 Å². The summed E-state index contributed by atoms with van der Waals surface area (Å²) in [6, 6.07) is 0. The van der Waals surface area contributed by atoms with Crippen molar-refractivity contribution in [1.29, 1.82) is 0 Å². The van der Waals surface area contributed by atoms with Gasteiger partial charge in [0.15, 0.2) is 0 Å². The van der Waals surface area contributed by atoms with E-state index in [1.807, 2.05) is 0 Å². The lowest BCUT2D eigenvalue weighted by atomic mass is 11.0. The van der Waals surface area contributed by atoms with Crippen molar-refractivity contribution in [1.82, 2.24) is 10.6 Å². The fourth-order valence-electron chi connectivity index (χ4n) is 1.73.